The van der Waals surface area contributed by atoms with Crippen molar-refractivity contribution in [1.82, 2.24) is 10.2 Å². The van der Waals surface area contributed by atoms with Crippen LogP contribution < -0.4 is 15.4 Å². The average molecular weight is 355 g/mol. The van der Waals surface area contributed by atoms with Crippen molar-refractivity contribution in [1.29, 1.82) is 0 Å². The molecule has 0 fully saturated rings. The first kappa shape index (κ1) is 19.3. The molecule has 0 aliphatic heterocycles. The van der Waals surface area contributed by atoms with E-state index in [0.29, 0.717) is 12.2 Å². The lowest BCUT2D eigenvalue weighted by Crippen LogP contribution is -2.38. The minimum absolute atomic E-state index is 0.127. The first-order valence-electron chi connectivity index (χ1n) is 8.41. The molecule has 1 atom stereocenters. The number of hydrogen-bond donors (Lipinski definition) is 2. The van der Waals surface area contributed by atoms with Crippen LogP contribution in [0.1, 0.15) is 31.0 Å². The van der Waals surface area contributed by atoms with Gasteiger partial charge in [0.05, 0.1) is 13.2 Å². The SMILES string of the molecule is COc1ccc(CN(C)C(=O)NC(C)c2cccc(NC(C)=O)c2)cc1. The zero-order chi connectivity index (χ0) is 19.1. The number of carbonyl (C=O) groups excluding carboxylic acids is 2. The summed E-state index contributed by atoms with van der Waals surface area (Å²) in [5.74, 6) is 0.659. The van der Waals surface area contributed by atoms with E-state index in [1.807, 2.05) is 55.5 Å². The Morgan fingerprint density at radius 3 is 2.46 bits per heavy atom. The third-order valence-corrected chi connectivity index (χ3v) is 3.97. The first-order chi connectivity index (χ1) is 12.4. The van der Waals surface area contributed by atoms with E-state index in [-0.39, 0.29) is 18.0 Å². The Kier molecular flexibility index (Phi) is 6.60. The van der Waals surface area contributed by atoms with Gasteiger partial charge in [0.2, 0.25) is 5.91 Å². The molecule has 2 N–H and O–H groups in total. The number of urea groups is 1. The maximum atomic E-state index is 12.4. The standard InChI is InChI=1S/C20H25N3O3/c1-14(17-6-5-7-18(12-17)22-15(2)24)21-20(25)23(3)13-16-8-10-19(26-4)11-9-16/h5-12,14H,13H2,1-4H3,(H,21,25)(H,22,24). The Bertz CT molecular complexity index is 759. The molecule has 0 saturated carbocycles. The van der Waals surface area contributed by atoms with Gasteiger partial charge in [-0.3, -0.25) is 4.79 Å². The number of ether oxygens (including phenoxy) is 1. The highest BCUT2D eigenvalue weighted by Gasteiger charge is 2.14. The van der Waals surface area contributed by atoms with E-state index in [0.717, 1.165) is 16.9 Å². The number of rotatable bonds is 6. The van der Waals surface area contributed by atoms with Crippen LogP contribution in [0.2, 0.25) is 0 Å². The minimum Gasteiger partial charge on any atom is -0.497 e. The van der Waals surface area contributed by atoms with Gasteiger partial charge in [0, 0.05) is 26.2 Å². The second kappa shape index (κ2) is 8.89. The van der Waals surface area contributed by atoms with Crippen molar-refractivity contribution in [2.24, 2.45) is 0 Å². The molecule has 3 amide bonds. The van der Waals surface area contributed by atoms with Gasteiger partial charge >= 0.3 is 6.03 Å². The molecular formula is C20H25N3O3. The summed E-state index contributed by atoms with van der Waals surface area (Å²) in [7, 11) is 3.37. The number of amides is 3. The highest BCUT2D eigenvalue weighted by molar-refractivity contribution is 5.88. The maximum Gasteiger partial charge on any atom is 0.317 e. The van der Waals surface area contributed by atoms with Crippen LogP contribution >= 0.6 is 0 Å². The van der Waals surface area contributed by atoms with Crippen LogP contribution in [-0.4, -0.2) is 31.0 Å². The van der Waals surface area contributed by atoms with Crippen LogP contribution in [0.3, 0.4) is 0 Å². The lowest BCUT2D eigenvalue weighted by molar-refractivity contribution is -0.114. The summed E-state index contributed by atoms with van der Waals surface area (Å²) >= 11 is 0. The summed E-state index contributed by atoms with van der Waals surface area (Å²) in [6.45, 7) is 3.87. The molecule has 0 spiro atoms. The number of anilines is 1. The third-order valence-electron chi connectivity index (χ3n) is 3.97. The van der Waals surface area contributed by atoms with Gasteiger partial charge in [-0.1, -0.05) is 24.3 Å². The van der Waals surface area contributed by atoms with Gasteiger partial charge in [-0.15, -0.1) is 0 Å². The minimum atomic E-state index is -0.186. The molecule has 0 aromatic heterocycles. The number of benzene rings is 2. The topological polar surface area (TPSA) is 70.7 Å². The Morgan fingerprint density at radius 2 is 1.85 bits per heavy atom. The van der Waals surface area contributed by atoms with E-state index < -0.39 is 0 Å². The van der Waals surface area contributed by atoms with Crippen LogP contribution in [0.25, 0.3) is 0 Å². The Morgan fingerprint density at radius 1 is 1.15 bits per heavy atom. The molecule has 0 bridgehead atoms. The highest BCUT2D eigenvalue weighted by Crippen LogP contribution is 2.18. The Hall–Kier alpha value is -3.02. The monoisotopic (exact) mass is 355 g/mol. The lowest BCUT2D eigenvalue weighted by Gasteiger charge is -2.22. The number of nitrogens with zero attached hydrogens (tertiary/aromatic N) is 1. The van der Waals surface area contributed by atoms with Crippen molar-refractivity contribution in [3.63, 3.8) is 0 Å². The number of methoxy groups -OCH3 is 1. The largest absolute Gasteiger partial charge is 0.497 e. The molecule has 0 aliphatic carbocycles. The molecule has 138 valence electrons. The maximum absolute atomic E-state index is 12.4. The molecule has 6 nitrogen and oxygen atoms in total. The van der Waals surface area contributed by atoms with E-state index in [1.165, 1.54) is 6.92 Å². The summed E-state index contributed by atoms with van der Waals surface area (Å²) in [5.41, 5.74) is 2.65. The molecule has 0 aliphatic rings. The molecule has 0 heterocycles. The van der Waals surface area contributed by atoms with E-state index in [1.54, 1.807) is 19.1 Å². The second-order valence-corrected chi connectivity index (χ2v) is 6.18. The Balaban J connectivity index is 1.95. The molecule has 0 saturated heterocycles. The van der Waals surface area contributed by atoms with Gasteiger partial charge in [-0.05, 0) is 42.3 Å². The van der Waals surface area contributed by atoms with E-state index >= 15 is 0 Å². The molecule has 2 aromatic rings. The van der Waals surface area contributed by atoms with Crippen LogP contribution in [0, 0.1) is 0 Å². The zero-order valence-corrected chi connectivity index (χ0v) is 15.6. The third kappa shape index (κ3) is 5.51. The van der Waals surface area contributed by atoms with Gasteiger partial charge in [-0.2, -0.15) is 0 Å². The molecule has 6 heteroatoms. The number of carbonyl (C=O) groups is 2. The van der Waals surface area contributed by atoms with E-state index in [2.05, 4.69) is 10.6 Å². The quantitative estimate of drug-likeness (QED) is 0.832. The normalized spacial score (nSPS) is 11.4. The zero-order valence-electron chi connectivity index (χ0n) is 15.6. The van der Waals surface area contributed by atoms with Gasteiger partial charge in [0.1, 0.15) is 5.75 Å². The van der Waals surface area contributed by atoms with Crippen LogP contribution in [-0.2, 0) is 11.3 Å². The average Bonchev–Trinajstić information content (AvgIpc) is 2.62. The van der Waals surface area contributed by atoms with Crippen molar-refractivity contribution < 1.29 is 14.3 Å². The summed E-state index contributed by atoms with van der Waals surface area (Å²) in [6.07, 6.45) is 0. The molecule has 1 unspecified atom stereocenters. The van der Waals surface area contributed by atoms with Crippen molar-refractivity contribution in [2.75, 3.05) is 19.5 Å². The Labute approximate surface area is 154 Å². The van der Waals surface area contributed by atoms with Crippen LogP contribution in [0.4, 0.5) is 10.5 Å². The summed E-state index contributed by atoms with van der Waals surface area (Å²) in [4.78, 5) is 25.2. The predicted molar refractivity (Wildman–Crippen MR) is 102 cm³/mol. The molecule has 2 rings (SSSR count). The van der Waals surface area contributed by atoms with Crippen LogP contribution in [0.15, 0.2) is 48.5 Å². The smallest absolute Gasteiger partial charge is 0.317 e. The van der Waals surface area contributed by atoms with E-state index in [4.69, 9.17) is 4.74 Å². The summed E-state index contributed by atoms with van der Waals surface area (Å²) in [6, 6.07) is 14.7. The predicted octanol–water partition coefficient (Wildman–Crippen LogP) is 3.56. The number of hydrogen-bond acceptors (Lipinski definition) is 3. The molecular weight excluding hydrogens is 330 g/mol. The fraction of sp³-hybridized carbons (Fsp3) is 0.300. The van der Waals surface area contributed by atoms with E-state index in [9.17, 15) is 9.59 Å². The molecule has 0 radical (unpaired) electrons. The summed E-state index contributed by atoms with van der Waals surface area (Å²) in [5, 5.41) is 5.71. The van der Waals surface area contributed by atoms with Gasteiger partial charge in [-0.25, -0.2) is 4.79 Å². The molecule has 2 aromatic carbocycles. The highest BCUT2D eigenvalue weighted by atomic mass is 16.5. The number of nitrogens with one attached hydrogen (secondary N) is 2. The fourth-order valence-electron chi connectivity index (χ4n) is 2.54. The van der Waals surface area contributed by atoms with Crippen molar-refractivity contribution in [3.8, 4) is 5.75 Å². The lowest BCUT2D eigenvalue weighted by atomic mass is 10.1. The first-order valence-corrected chi connectivity index (χ1v) is 8.41. The van der Waals surface area contributed by atoms with Gasteiger partial charge in [0.15, 0.2) is 0 Å². The van der Waals surface area contributed by atoms with Crippen molar-refractivity contribution in [2.45, 2.75) is 26.4 Å². The molecule has 26 heavy (non-hydrogen) atoms. The van der Waals surface area contributed by atoms with Crippen molar-refractivity contribution >= 4 is 17.6 Å². The van der Waals surface area contributed by atoms with Gasteiger partial charge in [0.25, 0.3) is 0 Å². The second-order valence-electron chi connectivity index (χ2n) is 6.18. The fourth-order valence-corrected chi connectivity index (χ4v) is 2.54. The van der Waals surface area contributed by atoms with Crippen molar-refractivity contribution in [3.05, 3.63) is 59.7 Å². The summed E-state index contributed by atoms with van der Waals surface area (Å²) < 4.78 is 5.14. The van der Waals surface area contributed by atoms with Gasteiger partial charge < -0.3 is 20.3 Å². The van der Waals surface area contributed by atoms with Crippen LogP contribution in [0.5, 0.6) is 5.75 Å².